The number of carbonyl (C=O) groups is 1. The molecule has 0 fully saturated rings. The van der Waals surface area contributed by atoms with E-state index in [0.717, 1.165) is 18.2 Å². The number of aromatic carboxylic acids is 1. The summed E-state index contributed by atoms with van der Waals surface area (Å²) in [5, 5.41) is 10.9. The van der Waals surface area contributed by atoms with E-state index in [9.17, 15) is 22.4 Å². The monoisotopic (exact) mass is 285 g/mol. The number of anilines is 2. The van der Waals surface area contributed by atoms with Crippen LogP contribution in [0.2, 0.25) is 0 Å². The molecule has 20 heavy (non-hydrogen) atoms. The molecule has 0 aliphatic rings. The number of hydrogen-bond donors (Lipinski definition) is 2. The van der Waals surface area contributed by atoms with E-state index in [0.29, 0.717) is 12.1 Å². The van der Waals surface area contributed by atoms with Gasteiger partial charge in [0.25, 0.3) is 0 Å². The Morgan fingerprint density at radius 3 is 2.00 bits per heavy atom. The Morgan fingerprint density at radius 2 is 1.50 bits per heavy atom. The molecule has 2 rings (SSSR count). The van der Waals surface area contributed by atoms with Crippen LogP contribution in [0.25, 0.3) is 0 Å². The number of benzene rings is 2. The van der Waals surface area contributed by atoms with Crippen molar-refractivity contribution >= 4 is 17.3 Å². The van der Waals surface area contributed by atoms with Crippen molar-refractivity contribution in [2.24, 2.45) is 0 Å². The molecule has 0 saturated heterocycles. The lowest BCUT2D eigenvalue weighted by Gasteiger charge is -2.10. The van der Waals surface area contributed by atoms with Crippen molar-refractivity contribution in [3.05, 3.63) is 59.2 Å². The molecule has 7 heteroatoms. The van der Waals surface area contributed by atoms with Gasteiger partial charge in [-0.3, -0.25) is 0 Å². The Hall–Kier alpha value is -2.57. The fourth-order valence-electron chi connectivity index (χ4n) is 1.53. The smallest absolute Gasteiger partial charge is 0.335 e. The van der Waals surface area contributed by atoms with Crippen LogP contribution in [0.15, 0.2) is 30.3 Å². The molecule has 0 aliphatic heterocycles. The van der Waals surface area contributed by atoms with Crippen LogP contribution in [0.1, 0.15) is 10.4 Å². The van der Waals surface area contributed by atoms with Crippen molar-refractivity contribution in [2.75, 3.05) is 5.32 Å². The number of rotatable bonds is 3. The largest absolute Gasteiger partial charge is 0.478 e. The molecule has 0 heterocycles. The summed E-state index contributed by atoms with van der Waals surface area (Å²) in [5.74, 6) is -6.09. The minimum atomic E-state index is -1.48. The van der Waals surface area contributed by atoms with Crippen molar-refractivity contribution in [3.8, 4) is 0 Å². The maximum atomic E-state index is 13.6. The fourth-order valence-corrected chi connectivity index (χ4v) is 1.53. The van der Waals surface area contributed by atoms with Gasteiger partial charge in [-0.2, -0.15) is 0 Å². The zero-order valence-corrected chi connectivity index (χ0v) is 9.75. The molecule has 0 unspecified atom stereocenters. The molecule has 0 saturated carbocycles. The third kappa shape index (κ3) is 2.71. The average molecular weight is 285 g/mol. The van der Waals surface area contributed by atoms with Crippen molar-refractivity contribution in [1.29, 1.82) is 0 Å². The molecule has 2 aromatic carbocycles. The van der Waals surface area contributed by atoms with Crippen LogP contribution in [0.4, 0.5) is 28.9 Å². The zero-order chi connectivity index (χ0) is 14.9. The van der Waals surface area contributed by atoms with Crippen LogP contribution in [-0.4, -0.2) is 11.1 Å². The predicted octanol–water partition coefficient (Wildman–Crippen LogP) is 3.68. The molecule has 0 aromatic heterocycles. The summed E-state index contributed by atoms with van der Waals surface area (Å²) in [6.07, 6.45) is 0. The summed E-state index contributed by atoms with van der Waals surface area (Å²) < 4.78 is 52.9. The molecule has 0 bridgehead atoms. The van der Waals surface area contributed by atoms with E-state index in [2.05, 4.69) is 5.32 Å². The third-order valence-corrected chi connectivity index (χ3v) is 2.48. The van der Waals surface area contributed by atoms with E-state index in [1.807, 2.05) is 0 Å². The van der Waals surface area contributed by atoms with Gasteiger partial charge in [0.15, 0.2) is 23.3 Å². The highest BCUT2D eigenvalue weighted by Gasteiger charge is 2.15. The van der Waals surface area contributed by atoms with Crippen LogP contribution < -0.4 is 5.32 Å². The molecule has 104 valence electrons. The quantitative estimate of drug-likeness (QED) is 0.846. The highest BCUT2D eigenvalue weighted by Crippen LogP contribution is 2.25. The van der Waals surface area contributed by atoms with Gasteiger partial charge >= 0.3 is 5.97 Å². The minimum Gasteiger partial charge on any atom is -0.478 e. The summed E-state index contributed by atoms with van der Waals surface area (Å²) >= 11 is 0. The molecular weight excluding hydrogens is 278 g/mol. The fraction of sp³-hybridized carbons (Fsp3) is 0. The molecule has 0 atom stereocenters. The summed E-state index contributed by atoms with van der Waals surface area (Å²) in [6, 6.07) is 3.84. The first kappa shape index (κ1) is 13.9. The number of carboxylic acid groups (broad SMARTS) is 1. The van der Waals surface area contributed by atoms with E-state index in [-0.39, 0.29) is 5.69 Å². The number of nitrogens with one attached hydrogen (secondary N) is 1. The average Bonchev–Trinajstić information content (AvgIpc) is 2.37. The highest BCUT2D eigenvalue weighted by molar-refractivity contribution is 5.88. The van der Waals surface area contributed by atoms with Crippen molar-refractivity contribution in [1.82, 2.24) is 0 Å². The second-order valence-corrected chi connectivity index (χ2v) is 3.87. The number of halogens is 4. The standard InChI is InChI=1S/C13H7F4NO2/c14-8-2-1-7(5-9(8)15)18-12-10(16)3-6(13(19)20)4-11(12)17/h1-5,18H,(H,19,20). The second-order valence-electron chi connectivity index (χ2n) is 3.87. The lowest BCUT2D eigenvalue weighted by atomic mass is 10.1. The van der Waals surface area contributed by atoms with Gasteiger partial charge in [0.2, 0.25) is 0 Å². The van der Waals surface area contributed by atoms with Gasteiger partial charge in [-0.15, -0.1) is 0 Å². The maximum Gasteiger partial charge on any atom is 0.335 e. The molecule has 2 aromatic rings. The highest BCUT2D eigenvalue weighted by atomic mass is 19.2. The van der Waals surface area contributed by atoms with Crippen molar-refractivity contribution in [2.45, 2.75) is 0 Å². The number of carboxylic acids is 1. The summed E-state index contributed by atoms with van der Waals surface area (Å²) in [5.41, 5.74) is -1.29. The third-order valence-electron chi connectivity index (χ3n) is 2.48. The topological polar surface area (TPSA) is 49.3 Å². The lowest BCUT2D eigenvalue weighted by Crippen LogP contribution is -2.03. The molecular formula is C13H7F4NO2. The predicted molar refractivity (Wildman–Crippen MR) is 63.0 cm³/mol. The Labute approximate surface area is 110 Å². The first-order valence-corrected chi connectivity index (χ1v) is 5.33. The van der Waals surface area contributed by atoms with Crippen LogP contribution in [-0.2, 0) is 0 Å². The van der Waals surface area contributed by atoms with Gasteiger partial charge in [-0.25, -0.2) is 22.4 Å². The van der Waals surface area contributed by atoms with Gasteiger partial charge in [-0.1, -0.05) is 0 Å². The van der Waals surface area contributed by atoms with Gasteiger partial charge < -0.3 is 10.4 Å². The van der Waals surface area contributed by atoms with Crippen LogP contribution >= 0.6 is 0 Å². The molecule has 0 amide bonds. The van der Waals surface area contributed by atoms with E-state index >= 15 is 0 Å². The molecule has 2 N–H and O–H groups in total. The molecule has 3 nitrogen and oxygen atoms in total. The van der Waals surface area contributed by atoms with Gasteiger partial charge in [0, 0.05) is 11.8 Å². The van der Waals surface area contributed by atoms with E-state index in [4.69, 9.17) is 5.11 Å². The van der Waals surface area contributed by atoms with Crippen molar-refractivity contribution in [3.63, 3.8) is 0 Å². The van der Waals surface area contributed by atoms with Crippen molar-refractivity contribution < 1.29 is 27.5 Å². The van der Waals surface area contributed by atoms with Crippen LogP contribution in [0.3, 0.4) is 0 Å². The van der Waals surface area contributed by atoms with Crippen LogP contribution in [0.5, 0.6) is 0 Å². The first-order valence-electron chi connectivity index (χ1n) is 5.33. The Kier molecular flexibility index (Phi) is 3.60. The van der Waals surface area contributed by atoms with Gasteiger partial charge in [0.1, 0.15) is 5.69 Å². The Morgan fingerprint density at radius 1 is 0.900 bits per heavy atom. The molecule has 0 spiro atoms. The summed E-state index contributed by atoms with van der Waals surface area (Å²) in [4.78, 5) is 10.6. The summed E-state index contributed by atoms with van der Waals surface area (Å²) in [7, 11) is 0. The van der Waals surface area contributed by atoms with E-state index in [1.165, 1.54) is 0 Å². The SMILES string of the molecule is O=C(O)c1cc(F)c(Nc2ccc(F)c(F)c2)c(F)c1. The maximum absolute atomic E-state index is 13.6. The van der Waals surface area contributed by atoms with E-state index < -0.39 is 40.5 Å². The lowest BCUT2D eigenvalue weighted by molar-refractivity contribution is 0.0696. The normalized spacial score (nSPS) is 10.4. The Bertz CT molecular complexity index is 665. The summed E-state index contributed by atoms with van der Waals surface area (Å²) in [6.45, 7) is 0. The van der Waals surface area contributed by atoms with Crippen LogP contribution in [0, 0.1) is 23.3 Å². The Balaban J connectivity index is 2.38. The first-order chi connectivity index (χ1) is 9.38. The minimum absolute atomic E-state index is 0.0789. The second kappa shape index (κ2) is 5.20. The van der Waals surface area contributed by atoms with E-state index in [1.54, 1.807) is 0 Å². The number of hydrogen-bond acceptors (Lipinski definition) is 2. The molecule has 0 aliphatic carbocycles. The zero-order valence-electron chi connectivity index (χ0n) is 9.75. The molecule has 0 radical (unpaired) electrons. The van der Waals surface area contributed by atoms with Gasteiger partial charge in [0.05, 0.1) is 5.56 Å². The van der Waals surface area contributed by atoms with Gasteiger partial charge in [-0.05, 0) is 24.3 Å².